The van der Waals surface area contributed by atoms with Crippen LogP contribution in [0.5, 0.6) is 0 Å². The molecule has 166 valence electrons. The van der Waals surface area contributed by atoms with Crippen LogP contribution >= 0.6 is 0 Å². The maximum Gasteiger partial charge on any atom is 0.125 e. The first-order chi connectivity index (χ1) is 16.5. The van der Waals surface area contributed by atoms with Gasteiger partial charge in [-0.2, -0.15) is 0 Å². The Balaban J connectivity index is 1.82. The molecule has 4 N–H and O–H groups in total. The Morgan fingerprint density at radius 3 is 1.32 bits per heavy atom. The van der Waals surface area contributed by atoms with Gasteiger partial charge in [0.25, 0.3) is 0 Å². The van der Waals surface area contributed by atoms with Crippen molar-refractivity contribution in [1.82, 2.24) is 9.13 Å². The summed E-state index contributed by atoms with van der Waals surface area (Å²) in [5.41, 5.74) is 18.6. The summed E-state index contributed by atoms with van der Waals surface area (Å²) in [6.45, 7) is 0. The van der Waals surface area contributed by atoms with Gasteiger partial charge in [0.2, 0.25) is 0 Å². The topological polar surface area (TPSA) is 61.9 Å². The van der Waals surface area contributed by atoms with Crippen molar-refractivity contribution in [3.8, 4) is 22.8 Å². The molecule has 2 aromatic heterocycles. The van der Waals surface area contributed by atoms with Crippen LogP contribution in [-0.4, -0.2) is 9.13 Å². The summed E-state index contributed by atoms with van der Waals surface area (Å²) in [6.07, 6.45) is 0. The number of halogens is 2. The molecule has 0 bridgehead atoms. The van der Waals surface area contributed by atoms with E-state index in [9.17, 15) is 8.78 Å². The summed E-state index contributed by atoms with van der Waals surface area (Å²) in [6, 6.07) is 28.0. The largest absolute Gasteiger partial charge is 0.396 e. The molecule has 34 heavy (non-hydrogen) atoms. The third kappa shape index (κ3) is 2.89. The predicted octanol–water partition coefficient (Wildman–Crippen LogP) is 6.68. The molecule has 4 nitrogen and oxygen atoms in total. The van der Waals surface area contributed by atoms with Crippen molar-refractivity contribution in [3.05, 3.63) is 109 Å². The van der Waals surface area contributed by atoms with Crippen LogP contribution in [0, 0.1) is 11.6 Å². The molecule has 0 atom stereocenters. The van der Waals surface area contributed by atoms with Crippen LogP contribution in [0.3, 0.4) is 0 Å². The van der Waals surface area contributed by atoms with Crippen LogP contribution < -0.4 is 11.5 Å². The second-order valence-electron chi connectivity index (χ2n) is 8.19. The van der Waals surface area contributed by atoms with Gasteiger partial charge in [-0.1, -0.05) is 48.5 Å². The quantitative estimate of drug-likeness (QED) is 0.316. The number of hydrogen-bond acceptors (Lipinski definition) is 2. The highest BCUT2D eigenvalue weighted by Gasteiger charge is 2.26. The highest BCUT2D eigenvalue weighted by atomic mass is 19.1. The second kappa shape index (κ2) is 7.49. The fourth-order valence-corrected chi connectivity index (χ4v) is 4.76. The van der Waals surface area contributed by atoms with Gasteiger partial charge in [-0.15, -0.1) is 0 Å². The van der Waals surface area contributed by atoms with E-state index in [2.05, 4.69) is 0 Å². The molecule has 2 heterocycles. The van der Waals surface area contributed by atoms with Crippen molar-refractivity contribution in [2.75, 3.05) is 11.5 Å². The van der Waals surface area contributed by atoms with Crippen LogP contribution in [0.15, 0.2) is 97.1 Å². The van der Waals surface area contributed by atoms with Crippen LogP contribution in [0.2, 0.25) is 0 Å². The van der Waals surface area contributed by atoms with E-state index in [1.54, 1.807) is 12.1 Å². The van der Waals surface area contributed by atoms with Crippen LogP contribution in [-0.2, 0) is 0 Å². The molecule has 6 rings (SSSR count). The fraction of sp³-hybridized carbons (Fsp3) is 0. The molecular formula is C28H20F2N4. The van der Waals surface area contributed by atoms with Crippen molar-refractivity contribution >= 4 is 33.2 Å². The lowest BCUT2D eigenvalue weighted by molar-refractivity contribution is 0.626. The lowest BCUT2D eigenvalue weighted by atomic mass is 10.1. The molecule has 0 saturated heterocycles. The Kier molecular flexibility index (Phi) is 4.42. The van der Waals surface area contributed by atoms with E-state index >= 15 is 0 Å². The van der Waals surface area contributed by atoms with Gasteiger partial charge < -0.3 is 20.6 Å². The van der Waals surface area contributed by atoms with E-state index in [4.69, 9.17) is 11.5 Å². The van der Waals surface area contributed by atoms with Gasteiger partial charge >= 0.3 is 0 Å². The van der Waals surface area contributed by atoms with E-state index in [0.717, 1.165) is 21.8 Å². The third-order valence-corrected chi connectivity index (χ3v) is 6.18. The van der Waals surface area contributed by atoms with Gasteiger partial charge in [0.05, 0.1) is 33.8 Å². The average molecular weight is 450 g/mol. The van der Waals surface area contributed by atoms with Gasteiger partial charge in [-0.3, -0.25) is 0 Å². The molecule has 0 amide bonds. The zero-order valence-electron chi connectivity index (χ0n) is 18.0. The molecule has 0 spiro atoms. The summed E-state index contributed by atoms with van der Waals surface area (Å²) in [7, 11) is 0. The summed E-state index contributed by atoms with van der Waals surface area (Å²) in [5, 5.41) is 1.63. The van der Waals surface area contributed by atoms with Gasteiger partial charge in [0.1, 0.15) is 11.6 Å². The van der Waals surface area contributed by atoms with E-state index in [-0.39, 0.29) is 11.6 Å². The Labute approximate surface area is 194 Å². The number of nitrogens with two attached hydrogens (primary N) is 2. The zero-order chi connectivity index (χ0) is 23.4. The maximum atomic E-state index is 14.3. The number of para-hydroxylation sites is 2. The number of benzene rings is 4. The highest BCUT2D eigenvalue weighted by Crippen LogP contribution is 2.45. The predicted molar refractivity (Wildman–Crippen MR) is 134 cm³/mol. The molecule has 0 radical (unpaired) electrons. The van der Waals surface area contributed by atoms with Crippen molar-refractivity contribution in [2.45, 2.75) is 0 Å². The SMILES string of the molecule is Nc1c(-c2c(N)c3ccccc3n2-c2cccc(F)c2)n(-c2cccc(F)c2)c2ccccc12. The maximum absolute atomic E-state index is 14.3. The van der Waals surface area contributed by atoms with Gasteiger partial charge in [0, 0.05) is 22.1 Å². The summed E-state index contributed by atoms with van der Waals surface area (Å²) in [5.74, 6) is -0.725. The standard InChI is InChI=1S/C28H20F2N4/c29-17-7-5-9-19(15-17)33-23-13-3-1-11-21(23)25(31)27(33)28-26(32)22-12-2-4-14-24(22)34(28)20-10-6-8-18(30)16-20/h1-16H,31-32H2. The van der Waals surface area contributed by atoms with Gasteiger partial charge in [-0.05, 0) is 48.5 Å². The molecule has 0 aliphatic carbocycles. The molecule has 0 fully saturated rings. The Bertz CT molecular complexity index is 1580. The first-order valence-electron chi connectivity index (χ1n) is 10.8. The number of nitrogen functional groups attached to an aromatic ring is 2. The Morgan fingerprint density at radius 2 is 0.912 bits per heavy atom. The van der Waals surface area contributed by atoms with Crippen LogP contribution in [0.25, 0.3) is 44.6 Å². The zero-order valence-corrected chi connectivity index (χ0v) is 18.0. The number of anilines is 2. The molecule has 0 unspecified atom stereocenters. The van der Waals surface area contributed by atoms with Crippen molar-refractivity contribution in [1.29, 1.82) is 0 Å². The average Bonchev–Trinajstić information content (AvgIpc) is 3.30. The number of fused-ring (bicyclic) bond motifs is 2. The number of aromatic nitrogens is 2. The van der Waals surface area contributed by atoms with Crippen LogP contribution in [0.1, 0.15) is 0 Å². The number of nitrogens with zero attached hydrogens (tertiary/aromatic N) is 2. The van der Waals surface area contributed by atoms with Gasteiger partial charge in [0.15, 0.2) is 0 Å². The molecule has 4 aromatic carbocycles. The highest BCUT2D eigenvalue weighted by molar-refractivity contribution is 6.09. The fourth-order valence-electron chi connectivity index (χ4n) is 4.76. The Hall–Kier alpha value is -4.58. The monoisotopic (exact) mass is 450 g/mol. The summed E-state index contributed by atoms with van der Waals surface area (Å²) in [4.78, 5) is 0. The smallest absolute Gasteiger partial charge is 0.125 e. The normalized spacial score (nSPS) is 11.5. The molecule has 6 heteroatoms. The van der Waals surface area contributed by atoms with Gasteiger partial charge in [-0.25, -0.2) is 8.78 Å². The molecular weight excluding hydrogens is 430 g/mol. The van der Waals surface area contributed by atoms with E-state index in [1.165, 1.54) is 24.3 Å². The minimum absolute atomic E-state index is 0.363. The lowest BCUT2D eigenvalue weighted by Crippen LogP contribution is -2.05. The third-order valence-electron chi connectivity index (χ3n) is 6.18. The van der Waals surface area contributed by atoms with Crippen molar-refractivity contribution < 1.29 is 8.78 Å². The number of hydrogen-bond donors (Lipinski definition) is 2. The summed E-state index contributed by atoms with van der Waals surface area (Å²) >= 11 is 0. The van der Waals surface area contributed by atoms with E-state index in [1.807, 2.05) is 69.8 Å². The minimum Gasteiger partial charge on any atom is -0.396 e. The van der Waals surface area contributed by atoms with Crippen molar-refractivity contribution in [3.63, 3.8) is 0 Å². The summed E-state index contributed by atoms with van der Waals surface area (Å²) < 4.78 is 32.4. The first kappa shape index (κ1) is 20.1. The molecule has 0 saturated carbocycles. The number of rotatable bonds is 3. The molecule has 6 aromatic rings. The molecule has 0 aliphatic rings. The first-order valence-corrected chi connectivity index (χ1v) is 10.8. The van der Waals surface area contributed by atoms with E-state index in [0.29, 0.717) is 34.1 Å². The van der Waals surface area contributed by atoms with Crippen LogP contribution in [0.4, 0.5) is 20.2 Å². The van der Waals surface area contributed by atoms with Crippen molar-refractivity contribution in [2.24, 2.45) is 0 Å². The minimum atomic E-state index is -0.363. The second-order valence-corrected chi connectivity index (χ2v) is 8.19. The van der Waals surface area contributed by atoms with E-state index < -0.39 is 0 Å². The Morgan fingerprint density at radius 1 is 0.500 bits per heavy atom. The lowest BCUT2D eigenvalue weighted by Gasteiger charge is -2.16. The molecule has 0 aliphatic heterocycles.